The number of carbonyl (C=O) groups is 1. The Morgan fingerprint density at radius 3 is 2.87 bits per heavy atom. The van der Waals surface area contributed by atoms with Crippen LogP contribution in [0.1, 0.15) is 36.0 Å². The predicted molar refractivity (Wildman–Crippen MR) is 56.8 cm³/mol. The van der Waals surface area contributed by atoms with Gasteiger partial charge in [0, 0.05) is 12.4 Å². The number of aryl methyl sites for hydroxylation is 1. The number of carboxylic acids is 1. The summed E-state index contributed by atoms with van der Waals surface area (Å²) in [6.07, 6.45) is 9.38. The Kier molecular flexibility index (Phi) is 2.99. The van der Waals surface area contributed by atoms with Crippen molar-refractivity contribution in [2.45, 2.75) is 38.5 Å². The van der Waals surface area contributed by atoms with Gasteiger partial charge in [0.25, 0.3) is 0 Å². The third kappa shape index (κ3) is 2.35. The third-order valence-electron chi connectivity index (χ3n) is 2.95. The molecule has 0 amide bonds. The van der Waals surface area contributed by atoms with E-state index in [0.717, 1.165) is 18.4 Å². The first-order valence-electron chi connectivity index (χ1n) is 5.44. The van der Waals surface area contributed by atoms with Crippen molar-refractivity contribution in [2.24, 2.45) is 0 Å². The minimum Gasteiger partial charge on any atom is -0.481 e. The molecule has 0 saturated carbocycles. The molecular weight excluding hydrogens is 190 g/mol. The topological polar surface area (TPSA) is 50.2 Å². The highest BCUT2D eigenvalue weighted by molar-refractivity contribution is 5.70. The second kappa shape index (κ2) is 4.43. The lowest BCUT2D eigenvalue weighted by Crippen LogP contribution is -2.06. The fraction of sp³-hybridized carbons (Fsp3) is 0.500. The highest BCUT2D eigenvalue weighted by Crippen LogP contribution is 2.23. The maximum Gasteiger partial charge on any atom is 0.307 e. The van der Waals surface area contributed by atoms with Gasteiger partial charge in [-0.25, -0.2) is 0 Å². The van der Waals surface area contributed by atoms with E-state index >= 15 is 0 Å². The Labute approximate surface area is 89.2 Å². The van der Waals surface area contributed by atoms with E-state index in [1.807, 2.05) is 6.20 Å². The van der Waals surface area contributed by atoms with E-state index in [4.69, 9.17) is 5.11 Å². The Bertz CT molecular complexity index is 374. The lowest BCUT2D eigenvalue weighted by atomic mass is 9.98. The van der Waals surface area contributed by atoms with Crippen molar-refractivity contribution in [1.82, 2.24) is 4.98 Å². The molecule has 3 heteroatoms. The van der Waals surface area contributed by atoms with Crippen molar-refractivity contribution >= 4 is 5.97 Å². The number of aliphatic carboxylic acids is 1. The van der Waals surface area contributed by atoms with Crippen LogP contribution in [0.15, 0.2) is 12.4 Å². The van der Waals surface area contributed by atoms with Crippen molar-refractivity contribution in [3.8, 4) is 0 Å². The van der Waals surface area contributed by atoms with Crippen LogP contribution in [0.4, 0.5) is 0 Å². The third-order valence-corrected chi connectivity index (χ3v) is 2.95. The van der Waals surface area contributed by atoms with Crippen molar-refractivity contribution in [2.75, 3.05) is 0 Å². The van der Waals surface area contributed by atoms with Gasteiger partial charge >= 0.3 is 5.97 Å². The van der Waals surface area contributed by atoms with Gasteiger partial charge in [-0.2, -0.15) is 0 Å². The van der Waals surface area contributed by atoms with Gasteiger partial charge in [-0.1, -0.05) is 6.42 Å². The molecule has 0 spiro atoms. The maximum atomic E-state index is 10.7. The summed E-state index contributed by atoms with van der Waals surface area (Å²) in [7, 11) is 0. The van der Waals surface area contributed by atoms with Crippen LogP contribution in [0.25, 0.3) is 0 Å². The lowest BCUT2D eigenvalue weighted by molar-refractivity contribution is -0.136. The molecule has 0 aromatic carbocycles. The minimum absolute atomic E-state index is 0.107. The molecule has 2 rings (SSSR count). The first-order chi connectivity index (χ1) is 7.27. The van der Waals surface area contributed by atoms with E-state index in [0.29, 0.717) is 0 Å². The summed E-state index contributed by atoms with van der Waals surface area (Å²) in [6, 6.07) is 0. The van der Waals surface area contributed by atoms with Crippen molar-refractivity contribution < 1.29 is 9.90 Å². The summed E-state index contributed by atoms with van der Waals surface area (Å²) in [5, 5.41) is 8.81. The van der Waals surface area contributed by atoms with Gasteiger partial charge in [-0.15, -0.1) is 0 Å². The number of hydrogen-bond donors (Lipinski definition) is 1. The van der Waals surface area contributed by atoms with E-state index in [2.05, 4.69) is 4.98 Å². The van der Waals surface area contributed by atoms with Gasteiger partial charge < -0.3 is 5.11 Å². The molecule has 1 aromatic rings. The smallest absolute Gasteiger partial charge is 0.307 e. The van der Waals surface area contributed by atoms with Crippen LogP contribution in [-0.4, -0.2) is 16.1 Å². The van der Waals surface area contributed by atoms with Crippen LogP contribution in [0.5, 0.6) is 0 Å². The van der Waals surface area contributed by atoms with Crippen molar-refractivity contribution in [3.05, 3.63) is 29.1 Å². The fourth-order valence-electron chi connectivity index (χ4n) is 2.23. The fourth-order valence-corrected chi connectivity index (χ4v) is 2.23. The van der Waals surface area contributed by atoms with Crippen LogP contribution in [0.2, 0.25) is 0 Å². The molecule has 0 bridgehead atoms. The van der Waals surface area contributed by atoms with Gasteiger partial charge in [-0.3, -0.25) is 9.78 Å². The van der Waals surface area contributed by atoms with Crippen LogP contribution in [0, 0.1) is 0 Å². The molecule has 1 aliphatic rings. The molecule has 0 saturated heterocycles. The van der Waals surface area contributed by atoms with Crippen LogP contribution in [0.3, 0.4) is 0 Å². The number of pyridine rings is 1. The summed E-state index contributed by atoms with van der Waals surface area (Å²) < 4.78 is 0. The number of aromatic nitrogens is 1. The highest BCUT2D eigenvalue weighted by atomic mass is 16.4. The maximum absolute atomic E-state index is 10.7. The molecule has 1 aromatic heterocycles. The van der Waals surface area contributed by atoms with Crippen LogP contribution in [-0.2, 0) is 24.1 Å². The van der Waals surface area contributed by atoms with Gasteiger partial charge in [0.2, 0.25) is 0 Å². The molecular formula is C12H15NO2. The highest BCUT2D eigenvalue weighted by Gasteiger charge is 2.13. The predicted octanol–water partition coefficient (Wildman–Crippen LogP) is 1.98. The zero-order chi connectivity index (χ0) is 10.7. The second-order valence-electron chi connectivity index (χ2n) is 4.07. The molecule has 0 aliphatic heterocycles. The molecule has 1 heterocycles. The van der Waals surface area contributed by atoms with E-state index in [1.54, 1.807) is 6.20 Å². The summed E-state index contributed by atoms with van der Waals surface area (Å²) in [5.41, 5.74) is 3.40. The number of hydrogen-bond acceptors (Lipinski definition) is 2. The van der Waals surface area contributed by atoms with Crippen LogP contribution >= 0.6 is 0 Å². The molecule has 3 nitrogen and oxygen atoms in total. The van der Waals surface area contributed by atoms with Gasteiger partial charge in [-0.05, 0) is 42.4 Å². The summed E-state index contributed by atoms with van der Waals surface area (Å²) in [6.45, 7) is 0. The van der Waals surface area contributed by atoms with Gasteiger partial charge in [0.1, 0.15) is 0 Å². The minimum atomic E-state index is -0.769. The Morgan fingerprint density at radius 1 is 1.27 bits per heavy atom. The Morgan fingerprint density at radius 2 is 2.07 bits per heavy atom. The van der Waals surface area contributed by atoms with Gasteiger partial charge in [0.05, 0.1) is 6.42 Å². The zero-order valence-corrected chi connectivity index (χ0v) is 8.70. The Hall–Kier alpha value is -1.38. The van der Waals surface area contributed by atoms with Crippen molar-refractivity contribution in [3.63, 3.8) is 0 Å². The first kappa shape index (κ1) is 10.1. The second-order valence-corrected chi connectivity index (χ2v) is 4.07. The largest absolute Gasteiger partial charge is 0.481 e. The number of fused-ring (bicyclic) bond motifs is 1. The quantitative estimate of drug-likeness (QED) is 0.751. The summed E-state index contributed by atoms with van der Waals surface area (Å²) in [4.78, 5) is 14.8. The summed E-state index contributed by atoms with van der Waals surface area (Å²) in [5.74, 6) is -0.769. The van der Waals surface area contributed by atoms with Crippen molar-refractivity contribution in [1.29, 1.82) is 0 Å². The average molecular weight is 205 g/mol. The average Bonchev–Trinajstić information content (AvgIpc) is 2.42. The van der Waals surface area contributed by atoms with Crippen LogP contribution < -0.4 is 0 Å². The SMILES string of the molecule is O=C(O)Cc1cncc2c1CCCCC2. The first-order valence-corrected chi connectivity index (χ1v) is 5.44. The molecule has 1 N–H and O–H groups in total. The molecule has 0 radical (unpaired) electrons. The normalized spacial score (nSPS) is 15.5. The lowest BCUT2D eigenvalue weighted by Gasteiger charge is -2.09. The monoisotopic (exact) mass is 205 g/mol. The standard InChI is InChI=1S/C12H15NO2/c14-12(15)6-10-8-13-7-9-4-2-1-3-5-11(9)10/h7-8H,1-6H2,(H,14,15). The van der Waals surface area contributed by atoms with Gasteiger partial charge in [0.15, 0.2) is 0 Å². The molecule has 0 atom stereocenters. The summed E-state index contributed by atoms with van der Waals surface area (Å²) >= 11 is 0. The Balaban J connectivity index is 2.34. The molecule has 0 unspecified atom stereocenters. The van der Waals surface area contributed by atoms with E-state index in [1.165, 1.54) is 30.4 Å². The van der Waals surface area contributed by atoms with E-state index < -0.39 is 5.97 Å². The van der Waals surface area contributed by atoms with E-state index in [-0.39, 0.29) is 6.42 Å². The molecule has 15 heavy (non-hydrogen) atoms. The number of nitrogens with zero attached hydrogens (tertiary/aromatic N) is 1. The molecule has 0 fully saturated rings. The molecule has 1 aliphatic carbocycles. The molecule has 80 valence electrons. The zero-order valence-electron chi connectivity index (χ0n) is 8.70. The number of carboxylic acid groups (broad SMARTS) is 1. The number of rotatable bonds is 2. The van der Waals surface area contributed by atoms with E-state index in [9.17, 15) is 4.79 Å².